The predicted molar refractivity (Wildman–Crippen MR) is 111 cm³/mol. The van der Waals surface area contributed by atoms with E-state index in [9.17, 15) is 14.4 Å². The highest BCUT2D eigenvalue weighted by molar-refractivity contribution is 6.38. The first-order valence-corrected chi connectivity index (χ1v) is 10.2. The van der Waals surface area contributed by atoms with Crippen LogP contribution in [0.4, 0.5) is 5.69 Å². The van der Waals surface area contributed by atoms with Crippen LogP contribution in [0.2, 0.25) is 0 Å². The van der Waals surface area contributed by atoms with Gasteiger partial charge in [-0.15, -0.1) is 0 Å². The maximum atomic E-state index is 12.6. The van der Waals surface area contributed by atoms with E-state index in [1.165, 1.54) is 5.01 Å². The Kier molecular flexibility index (Phi) is 6.35. The van der Waals surface area contributed by atoms with Crippen molar-refractivity contribution in [2.45, 2.75) is 59.5 Å². The first-order valence-electron chi connectivity index (χ1n) is 10.2. The molecule has 0 bridgehead atoms. The quantitative estimate of drug-likeness (QED) is 0.729. The summed E-state index contributed by atoms with van der Waals surface area (Å²) in [6.45, 7) is 8.98. The van der Waals surface area contributed by atoms with E-state index in [1.54, 1.807) is 11.8 Å². The molecule has 1 aromatic carbocycles. The average molecular weight is 399 g/mol. The second kappa shape index (κ2) is 8.76. The molecule has 7 heteroatoms. The fourth-order valence-electron chi connectivity index (χ4n) is 3.60. The molecule has 1 aromatic rings. The summed E-state index contributed by atoms with van der Waals surface area (Å²) in [6.07, 6.45) is 1.44. The second-order valence-corrected chi connectivity index (χ2v) is 8.10. The second-order valence-electron chi connectivity index (χ2n) is 8.10. The smallest absolute Gasteiger partial charge is 0.355 e. The lowest BCUT2D eigenvalue weighted by atomic mass is 9.99. The van der Waals surface area contributed by atoms with Crippen LogP contribution in [0.25, 0.3) is 0 Å². The molecule has 0 N–H and O–H groups in total. The van der Waals surface area contributed by atoms with E-state index >= 15 is 0 Å². The van der Waals surface area contributed by atoms with Crippen LogP contribution in [0.5, 0.6) is 0 Å². The molecular weight excluding hydrogens is 370 g/mol. The largest absolute Gasteiger partial charge is 0.448 e. The highest BCUT2D eigenvalue weighted by Crippen LogP contribution is 2.26. The van der Waals surface area contributed by atoms with Gasteiger partial charge in [0.1, 0.15) is 5.71 Å². The van der Waals surface area contributed by atoms with E-state index in [2.05, 4.69) is 12.0 Å². The number of likely N-dealkylation sites (tertiary alicyclic amines) is 1. The first kappa shape index (κ1) is 21.0. The van der Waals surface area contributed by atoms with Crippen molar-refractivity contribution in [3.63, 3.8) is 0 Å². The molecule has 0 radical (unpaired) electrons. The molecule has 2 aliphatic heterocycles. The van der Waals surface area contributed by atoms with Gasteiger partial charge >= 0.3 is 5.97 Å². The molecule has 3 rings (SSSR count). The minimum Gasteiger partial charge on any atom is -0.448 e. The summed E-state index contributed by atoms with van der Waals surface area (Å²) in [6, 6.07) is 5.75. The van der Waals surface area contributed by atoms with Crippen molar-refractivity contribution in [1.29, 1.82) is 0 Å². The molecule has 2 amide bonds. The molecule has 7 nitrogen and oxygen atoms in total. The van der Waals surface area contributed by atoms with Crippen LogP contribution in [-0.2, 0) is 19.1 Å². The zero-order valence-corrected chi connectivity index (χ0v) is 17.6. The SMILES string of the molecule is Cc1ccc(C)c(N2N=C(C(=O)O[C@@H](C)C(=O)N3CCC(C)CC3)CCC2=O)c1. The zero-order valence-electron chi connectivity index (χ0n) is 17.6. The number of nitrogens with zero attached hydrogens (tertiary/aromatic N) is 3. The number of hydrogen-bond donors (Lipinski definition) is 0. The van der Waals surface area contributed by atoms with Crippen LogP contribution in [0, 0.1) is 19.8 Å². The van der Waals surface area contributed by atoms with E-state index in [0.717, 1.165) is 24.0 Å². The van der Waals surface area contributed by atoms with Gasteiger partial charge in [-0.3, -0.25) is 9.59 Å². The molecule has 0 aliphatic carbocycles. The Morgan fingerprint density at radius 3 is 2.55 bits per heavy atom. The monoisotopic (exact) mass is 399 g/mol. The molecule has 156 valence electrons. The average Bonchev–Trinajstić information content (AvgIpc) is 2.70. The van der Waals surface area contributed by atoms with Gasteiger partial charge in [-0.1, -0.05) is 19.1 Å². The molecule has 1 atom stereocenters. The number of piperidine rings is 1. The maximum absolute atomic E-state index is 12.6. The third kappa shape index (κ3) is 4.83. The van der Waals surface area contributed by atoms with Gasteiger partial charge in [0.25, 0.3) is 5.91 Å². The molecule has 0 unspecified atom stereocenters. The lowest BCUT2D eigenvalue weighted by Gasteiger charge is -2.32. The lowest BCUT2D eigenvalue weighted by Crippen LogP contribution is -2.45. The summed E-state index contributed by atoms with van der Waals surface area (Å²) in [5.41, 5.74) is 2.72. The van der Waals surface area contributed by atoms with Gasteiger partial charge in [0.15, 0.2) is 6.10 Å². The van der Waals surface area contributed by atoms with Gasteiger partial charge in [-0.2, -0.15) is 10.1 Å². The van der Waals surface area contributed by atoms with Crippen molar-refractivity contribution in [2.24, 2.45) is 11.0 Å². The van der Waals surface area contributed by atoms with Crippen molar-refractivity contribution in [3.05, 3.63) is 29.3 Å². The van der Waals surface area contributed by atoms with E-state index in [-0.39, 0.29) is 30.4 Å². The standard InChI is InChI=1S/C22H29N3O4/c1-14-9-11-24(12-10-14)21(27)17(4)29-22(28)18-7-8-20(26)25(23-18)19-13-15(2)5-6-16(19)3/h5-6,13-14,17H,7-12H2,1-4H3/t17-/m0/s1. The summed E-state index contributed by atoms with van der Waals surface area (Å²) in [4.78, 5) is 39.4. The number of carbonyl (C=O) groups excluding carboxylic acids is 3. The van der Waals surface area contributed by atoms with Gasteiger partial charge in [0.05, 0.1) is 5.69 Å². The van der Waals surface area contributed by atoms with Crippen LogP contribution in [0.1, 0.15) is 50.7 Å². The predicted octanol–water partition coefficient (Wildman–Crippen LogP) is 2.98. The zero-order chi connectivity index (χ0) is 21.1. The molecule has 0 spiro atoms. The molecule has 1 fully saturated rings. The van der Waals surface area contributed by atoms with Gasteiger partial charge < -0.3 is 9.64 Å². The fraction of sp³-hybridized carbons (Fsp3) is 0.545. The Morgan fingerprint density at radius 1 is 1.17 bits per heavy atom. The number of aryl methyl sites for hydroxylation is 2. The minimum absolute atomic E-state index is 0.164. The first-order chi connectivity index (χ1) is 13.8. The third-order valence-electron chi connectivity index (χ3n) is 5.59. The number of hydrogen-bond acceptors (Lipinski definition) is 5. The maximum Gasteiger partial charge on any atom is 0.355 e. The van der Waals surface area contributed by atoms with E-state index in [0.29, 0.717) is 24.7 Å². The molecule has 0 saturated carbocycles. The molecule has 2 aliphatic rings. The van der Waals surface area contributed by atoms with Gasteiger partial charge in [-0.25, -0.2) is 4.79 Å². The Hall–Kier alpha value is -2.70. The van der Waals surface area contributed by atoms with Gasteiger partial charge in [0, 0.05) is 25.9 Å². The number of carbonyl (C=O) groups is 3. The van der Waals surface area contributed by atoms with E-state index in [1.807, 2.05) is 32.0 Å². The van der Waals surface area contributed by atoms with Crippen LogP contribution in [0.15, 0.2) is 23.3 Å². The molecule has 1 saturated heterocycles. The van der Waals surface area contributed by atoms with Gasteiger partial charge in [0.2, 0.25) is 5.91 Å². The summed E-state index contributed by atoms with van der Waals surface area (Å²) in [7, 11) is 0. The Bertz CT molecular complexity index is 840. The summed E-state index contributed by atoms with van der Waals surface area (Å²) < 4.78 is 5.41. The van der Waals surface area contributed by atoms with Crippen molar-refractivity contribution in [3.8, 4) is 0 Å². The number of ether oxygens (including phenoxy) is 1. The minimum atomic E-state index is -0.870. The Labute approximate surface area is 171 Å². The number of benzene rings is 1. The highest BCUT2D eigenvalue weighted by atomic mass is 16.5. The van der Waals surface area contributed by atoms with E-state index in [4.69, 9.17) is 4.74 Å². The number of amides is 2. The summed E-state index contributed by atoms with van der Waals surface area (Å²) in [5, 5.41) is 5.55. The summed E-state index contributed by atoms with van der Waals surface area (Å²) >= 11 is 0. The normalized spacial score (nSPS) is 19.0. The number of esters is 1. The Balaban J connectivity index is 1.70. The van der Waals surface area contributed by atoms with Crippen molar-refractivity contribution in [1.82, 2.24) is 4.90 Å². The molecule has 0 aromatic heterocycles. The fourth-order valence-corrected chi connectivity index (χ4v) is 3.60. The number of anilines is 1. The number of rotatable bonds is 4. The van der Waals surface area contributed by atoms with Crippen LogP contribution in [-0.4, -0.2) is 47.6 Å². The van der Waals surface area contributed by atoms with Gasteiger partial charge in [-0.05, 0) is 56.7 Å². The number of hydrazone groups is 1. The van der Waals surface area contributed by atoms with Crippen molar-refractivity contribution < 1.29 is 19.1 Å². The van der Waals surface area contributed by atoms with Crippen molar-refractivity contribution in [2.75, 3.05) is 18.1 Å². The van der Waals surface area contributed by atoms with Crippen LogP contribution >= 0.6 is 0 Å². The Morgan fingerprint density at radius 2 is 1.86 bits per heavy atom. The molecule has 2 heterocycles. The lowest BCUT2D eigenvalue weighted by molar-refractivity contribution is -0.154. The van der Waals surface area contributed by atoms with Crippen molar-refractivity contribution >= 4 is 29.2 Å². The highest BCUT2D eigenvalue weighted by Gasteiger charge is 2.31. The molecular formula is C22H29N3O4. The molecule has 29 heavy (non-hydrogen) atoms. The van der Waals surface area contributed by atoms with E-state index < -0.39 is 12.1 Å². The third-order valence-corrected chi connectivity index (χ3v) is 5.59. The summed E-state index contributed by atoms with van der Waals surface area (Å²) in [5.74, 6) is -0.368. The van der Waals surface area contributed by atoms with Crippen LogP contribution in [0.3, 0.4) is 0 Å². The topological polar surface area (TPSA) is 79.3 Å². The van der Waals surface area contributed by atoms with Crippen LogP contribution < -0.4 is 5.01 Å².